The molecule has 1 aliphatic rings. The number of aromatic nitrogens is 2. The highest BCUT2D eigenvalue weighted by atomic mass is 32.2. The van der Waals surface area contributed by atoms with Crippen LogP contribution in [0, 0.1) is 6.92 Å². The van der Waals surface area contributed by atoms with Crippen LogP contribution in [-0.2, 0) is 6.42 Å². The highest BCUT2D eigenvalue weighted by Crippen LogP contribution is 2.41. The predicted octanol–water partition coefficient (Wildman–Crippen LogP) is 5.39. The number of rotatable bonds is 1. The van der Waals surface area contributed by atoms with Crippen LogP contribution in [-0.4, -0.2) is 9.55 Å². The maximum absolute atomic E-state index is 4.81. The molecule has 0 fully saturated rings. The molecule has 24 heavy (non-hydrogen) atoms. The van der Waals surface area contributed by atoms with E-state index in [1.165, 1.54) is 32.1 Å². The number of para-hydroxylation sites is 1. The standard InChI is InChI=1S/C21H16N2S/c1-14-22-18-12-16-11-15-7-5-6-10-20(15)24-21(16)13-19(18)23(14)17-8-3-2-4-9-17/h2-10,12-13H,11H2,1H3. The van der Waals surface area contributed by atoms with E-state index in [1.807, 2.05) is 17.8 Å². The fourth-order valence-corrected chi connectivity index (χ4v) is 4.57. The summed E-state index contributed by atoms with van der Waals surface area (Å²) >= 11 is 1.87. The van der Waals surface area contributed by atoms with Crippen LogP contribution in [0.15, 0.2) is 76.5 Å². The molecule has 0 amide bonds. The van der Waals surface area contributed by atoms with Crippen molar-refractivity contribution >= 4 is 22.8 Å². The summed E-state index contributed by atoms with van der Waals surface area (Å²) in [5.74, 6) is 1.03. The summed E-state index contributed by atoms with van der Waals surface area (Å²) in [5.41, 5.74) is 6.22. The molecule has 3 aromatic carbocycles. The van der Waals surface area contributed by atoms with Crippen LogP contribution < -0.4 is 0 Å². The van der Waals surface area contributed by atoms with Gasteiger partial charge in [0.05, 0.1) is 11.0 Å². The van der Waals surface area contributed by atoms with E-state index in [0.717, 1.165) is 17.8 Å². The summed E-state index contributed by atoms with van der Waals surface area (Å²) in [5, 5.41) is 0. The fraction of sp³-hybridized carbons (Fsp3) is 0.0952. The van der Waals surface area contributed by atoms with Gasteiger partial charge >= 0.3 is 0 Å². The third-order valence-electron chi connectivity index (χ3n) is 4.59. The topological polar surface area (TPSA) is 17.8 Å². The Morgan fingerprint density at radius 1 is 0.875 bits per heavy atom. The SMILES string of the molecule is Cc1nc2cc3c(cc2n1-c1ccccc1)Sc1ccccc1C3. The zero-order valence-corrected chi connectivity index (χ0v) is 14.2. The van der Waals surface area contributed by atoms with Crippen LogP contribution in [0.1, 0.15) is 17.0 Å². The van der Waals surface area contributed by atoms with Crippen LogP contribution in [0.25, 0.3) is 16.7 Å². The molecule has 1 aromatic heterocycles. The molecule has 0 unspecified atom stereocenters. The summed E-state index contributed by atoms with van der Waals surface area (Å²) in [6.07, 6.45) is 0.992. The second-order valence-corrected chi connectivity index (χ2v) is 7.25. The van der Waals surface area contributed by atoms with Gasteiger partial charge < -0.3 is 0 Å². The minimum atomic E-state index is 0.992. The first kappa shape index (κ1) is 13.9. The number of aryl methyl sites for hydroxylation is 1. The van der Waals surface area contributed by atoms with Crippen molar-refractivity contribution in [3.05, 3.63) is 83.7 Å². The van der Waals surface area contributed by atoms with Gasteiger partial charge in [-0.05, 0) is 54.8 Å². The minimum Gasteiger partial charge on any atom is -0.296 e. The molecule has 0 radical (unpaired) electrons. The van der Waals surface area contributed by atoms with Gasteiger partial charge in [-0.1, -0.05) is 48.2 Å². The number of hydrogen-bond acceptors (Lipinski definition) is 2. The van der Waals surface area contributed by atoms with Crippen LogP contribution >= 0.6 is 11.8 Å². The van der Waals surface area contributed by atoms with Crippen molar-refractivity contribution in [2.45, 2.75) is 23.1 Å². The molecule has 0 saturated carbocycles. The van der Waals surface area contributed by atoms with Gasteiger partial charge in [0.2, 0.25) is 0 Å². The summed E-state index contributed by atoms with van der Waals surface area (Å²) < 4.78 is 2.25. The zero-order valence-electron chi connectivity index (χ0n) is 13.4. The van der Waals surface area contributed by atoms with Crippen molar-refractivity contribution in [1.82, 2.24) is 9.55 Å². The molecule has 2 nitrogen and oxygen atoms in total. The highest BCUT2D eigenvalue weighted by Gasteiger charge is 2.19. The van der Waals surface area contributed by atoms with E-state index in [9.17, 15) is 0 Å². The lowest BCUT2D eigenvalue weighted by Crippen LogP contribution is -2.00. The Labute approximate surface area is 145 Å². The number of imidazole rings is 1. The molecule has 4 aromatic rings. The largest absolute Gasteiger partial charge is 0.296 e. The summed E-state index contributed by atoms with van der Waals surface area (Å²) in [7, 11) is 0. The van der Waals surface area contributed by atoms with Gasteiger partial charge in [-0.2, -0.15) is 0 Å². The highest BCUT2D eigenvalue weighted by molar-refractivity contribution is 7.99. The molecule has 2 heterocycles. The maximum Gasteiger partial charge on any atom is 0.111 e. The second-order valence-electron chi connectivity index (χ2n) is 6.17. The normalized spacial score (nSPS) is 12.9. The first-order valence-electron chi connectivity index (χ1n) is 8.13. The molecule has 1 aliphatic heterocycles. The number of fused-ring (bicyclic) bond motifs is 3. The van der Waals surface area contributed by atoms with Crippen molar-refractivity contribution in [2.75, 3.05) is 0 Å². The molecular formula is C21H16N2S. The van der Waals surface area contributed by atoms with Crippen molar-refractivity contribution in [2.24, 2.45) is 0 Å². The lowest BCUT2D eigenvalue weighted by Gasteiger charge is -2.19. The van der Waals surface area contributed by atoms with E-state index in [4.69, 9.17) is 4.98 Å². The van der Waals surface area contributed by atoms with Gasteiger partial charge in [0.1, 0.15) is 5.82 Å². The van der Waals surface area contributed by atoms with Crippen molar-refractivity contribution < 1.29 is 0 Å². The number of benzene rings is 3. The average molecular weight is 328 g/mol. The van der Waals surface area contributed by atoms with Crippen molar-refractivity contribution in [3.63, 3.8) is 0 Å². The fourth-order valence-electron chi connectivity index (χ4n) is 3.48. The van der Waals surface area contributed by atoms with E-state index in [1.54, 1.807) is 0 Å². The minimum absolute atomic E-state index is 0.992. The first-order chi connectivity index (χ1) is 11.8. The Bertz CT molecular complexity index is 1060. The number of hydrogen-bond donors (Lipinski definition) is 0. The Kier molecular flexibility index (Phi) is 3.03. The van der Waals surface area contributed by atoms with Gasteiger partial charge in [0.15, 0.2) is 0 Å². The summed E-state index contributed by atoms with van der Waals surface area (Å²) in [4.78, 5) is 7.52. The third kappa shape index (κ3) is 2.09. The van der Waals surface area contributed by atoms with Gasteiger partial charge in [0, 0.05) is 15.5 Å². The molecule has 116 valence electrons. The molecule has 0 aliphatic carbocycles. The molecule has 5 rings (SSSR count). The van der Waals surface area contributed by atoms with Crippen molar-refractivity contribution in [1.29, 1.82) is 0 Å². The van der Waals surface area contributed by atoms with Gasteiger partial charge in [0.25, 0.3) is 0 Å². The number of nitrogens with zero attached hydrogens (tertiary/aromatic N) is 2. The Balaban J connectivity index is 1.72. The van der Waals surface area contributed by atoms with Gasteiger partial charge in [-0.25, -0.2) is 4.98 Å². The maximum atomic E-state index is 4.81. The van der Waals surface area contributed by atoms with E-state index in [-0.39, 0.29) is 0 Å². The van der Waals surface area contributed by atoms with Crippen LogP contribution in [0.5, 0.6) is 0 Å². The third-order valence-corrected chi connectivity index (χ3v) is 5.81. The molecule has 0 spiro atoms. The quantitative estimate of drug-likeness (QED) is 0.410. The first-order valence-corrected chi connectivity index (χ1v) is 8.94. The molecule has 3 heteroatoms. The Morgan fingerprint density at radius 2 is 1.67 bits per heavy atom. The molecule has 0 saturated heterocycles. The van der Waals surface area contributed by atoms with E-state index in [0.29, 0.717) is 0 Å². The lowest BCUT2D eigenvalue weighted by atomic mass is 10.0. The molecule has 0 bridgehead atoms. The van der Waals surface area contributed by atoms with Crippen LogP contribution in [0.3, 0.4) is 0 Å². The van der Waals surface area contributed by atoms with Crippen LogP contribution in [0.4, 0.5) is 0 Å². The molecule has 0 N–H and O–H groups in total. The molecule has 0 atom stereocenters. The summed E-state index contributed by atoms with van der Waals surface area (Å²) in [6, 6.07) is 23.7. The predicted molar refractivity (Wildman–Crippen MR) is 99.2 cm³/mol. The average Bonchev–Trinajstić information content (AvgIpc) is 2.93. The van der Waals surface area contributed by atoms with Gasteiger partial charge in [-0.15, -0.1) is 0 Å². The molecular weight excluding hydrogens is 312 g/mol. The van der Waals surface area contributed by atoms with Crippen LogP contribution in [0.2, 0.25) is 0 Å². The van der Waals surface area contributed by atoms with Crippen molar-refractivity contribution in [3.8, 4) is 5.69 Å². The lowest BCUT2D eigenvalue weighted by molar-refractivity contribution is 0.999. The van der Waals surface area contributed by atoms with E-state index in [2.05, 4.69) is 72.2 Å². The van der Waals surface area contributed by atoms with E-state index >= 15 is 0 Å². The monoisotopic (exact) mass is 328 g/mol. The smallest absolute Gasteiger partial charge is 0.111 e. The second kappa shape index (κ2) is 5.25. The zero-order chi connectivity index (χ0) is 16.1. The Morgan fingerprint density at radius 3 is 2.54 bits per heavy atom. The van der Waals surface area contributed by atoms with E-state index < -0.39 is 0 Å². The Hall–Kier alpha value is -2.52. The van der Waals surface area contributed by atoms with Gasteiger partial charge in [-0.3, -0.25) is 4.57 Å². The summed E-state index contributed by atoms with van der Waals surface area (Å²) in [6.45, 7) is 2.08.